The fourth-order valence-electron chi connectivity index (χ4n) is 4.10. The normalized spacial score (nSPS) is 23.2. The Kier molecular flexibility index (Phi) is 4.74. The first-order valence-corrected chi connectivity index (χ1v) is 10.2. The molecule has 0 unspecified atom stereocenters. The van der Waals surface area contributed by atoms with Gasteiger partial charge in [0.1, 0.15) is 5.92 Å². The van der Waals surface area contributed by atoms with Gasteiger partial charge in [-0.2, -0.15) is 0 Å². The molecule has 30 heavy (non-hydrogen) atoms. The summed E-state index contributed by atoms with van der Waals surface area (Å²) in [5, 5.41) is 2.52. The SMILES string of the molecule is O=C1[C@H]2[C@@H](c3ccc(Cl)cc3Cl)N(c3ccccc3)O[C@H]2C(=O)N1c1ccccc1. The third kappa shape index (κ3) is 2.98. The fraction of sp³-hybridized carbons (Fsp3) is 0.130. The van der Waals surface area contributed by atoms with Gasteiger partial charge in [0.15, 0.2) is 6.10 Å². The number of para-hydroxylation sites is 2. The van der Waals surface area contributed by atoms with Crippen molar-refractivity contribution < 1.29 is 14.4 Å². The second kappa shape index (κ2) is 7.43. The number of anilines is 2. The van der Waals surface area contributed by atoms with Crippen molar-refractivity contribution in [1.82, 2.24) is 0 Å². The first kappa shape index (κ1) is 19.1. The number of amides is 2. The third-order valence-electron chi connectivity index (χ3n) is 5.42. The largest absolute Gasteiger partial charge is 0.273 e. The summed E-state index contributed by atoms with van der Waals surface area (Å²) in [5.74, 6) is -1.44. The van der Waals surface area contributed by atoms with Crippen molar-refractivity contribution in [3.05, 3.63) is 94.5 Å². The van der Waals surface area contributed by atoms with Crippen molar-refractivity contribution in [1.29, 1.82) is 0 Å². The highest BCUT2D eigenvalue weighted by Crippen LogP contribution is 2.49. The Morgan fingerprint density at radius 1 is 0.767 bits per heavy atom. The van der Waals surface area contributed by atoms with Gasteiger partial charge in [-0.05, 0) is 42.0 Å². The van der Waals surface area contributed by atoms with Gasteiger partial charge in [-0.3, -0.25) is 14.4 Å². The zero-order valence-electron chi connectivity index (χ0n) is 15.6. The summed E-state index contributed by atoms with van der Waals surface area (Å²) < 4.78 is 0. The summed E-state index contributed by atoms with van der Waals surface area (Å²) in [7, 11) is 0. The zero-order valence-corrected chi connectivity index (χ0v) is 17.1. The number of imide groups is 1. The average molecular weight is 439 g/mol. The first-order valence-electron chi connectivity index (χ1n) is 9.45. The predicted molar refractivity (Wildman–Crippen MR) is 115 cm³/mol. The standard InChI is InChI=1S/C23H16Cl2N2O3/c24-14-11-12-17(18(25)13-14)20-19-21(30-27(20)16-9-5-2-6-10-16)23(29)26(22(19)28)15-7-3-1-4-8-15/h1-13,19-21H/t19-,20+,21+/m0/s1. The Balaban J connectivity index is 1.62. The van der Waals surface area contributed by atoms with Crippen molar-refractivity contribution in [2.45, 2.75) is 12.1 Å². The Labute approximate surface area is 183 Å². The summed E-state index contributed by atoms with van der Waals surface area (Å²) in [6.45, 7) is 0. The van der Waals surface area contributed by atoms with Crippen LogP contribution in [0.15, 0.2) is 78.9 Å². The minimum Gasteiger partial charge on any atom is -0.273 e. The number of carbonyl (C=O) groups excluding carboxylic acids is 2. The Hall–Kier alpha value is -2.86. The van der Waals surface area contributed by atoms with E-state index in [1.165, 1.54) is 4.90 Å². The molecule has 2 saturated heterocycles. The van der Waals surface area contributed by atoms with Crippen LogP contribution in [0.25, 0.3) is 0 Å². The number of fused-ring (bicyclic) bond motifs is 1. The molecule has 0 N–H and O–H groups in total. The van der Waals surface area contributed by atoms with E-state index in [0.29, 0.717) is 21.3 Å². The molecule has 0 bridgehead atoms. The molecule has 5 rings (SSSR count). The lowest BCUT2D eigenvalue weighted by molar-refractivity contribution is -0.126. The van der Waals surface area contributed by atoms with Crippen molar-refractivity contribution in [2.75, 3.05) is 9.96 Å². The van der Waals surface area contributed by atoms with Gasteiger partial charge in [-0.25, -0.2) is 9.96 Å². The number of carbonyl (C=O) groups is 2. The lowest BCUT2D eigenvalue weighted by atomic mass is 9.90. The quantitative estimate of drug-likeness (QED) is 0.537. The average Bonchev–Trinajstić information content (AvgIpc) is 3.26. The van der Waals surface area contributed by atoms with E-state index >= 15 is 0 Å². The van der Waals surface area contributed by atoms with Gasteiger partial charge < -0.3 is 0 Å². The highest BCUT2D eigenvalue weighted by atomic mass is 35.5. The van der Waals surface area contributed by atoms with Crippen LogP contribution in [0.3, 0.4) is 0 Å². The van der Waals surface area contributed by atoms with Crippen LogP contribution in [-0.2, 0) is 14.4 Å². The van der Waals surface area contributed by atoms with Crippen LogP contribution in [0.1, 0.15) is 11.6 Å². The second-order valence-corrected chi connectivity index (χ2v) is 8.01. The monoisotopic (exact) mass is 438 g/mol. The number of benzene rings is 3. The Morgan fingerprint density at radius 3 is 2.03 bits per heavy atom. The van der Waals surface area contributed by atoms with Gasteiger partial charge >= 0.3 is 0 Å². The molecular weight excluding hydrogens is 423 g/mol. The lowest BCUT2D eigenvalue weighted by Gasteiger charge is -2.29. The minimum atomic E-state index is -0.936. The molecule has 3 atom stereocenters. The number of hydroxylamine groups is 1. The molecule has 5 nitrogen and oxygen atoms in total. The van der Waals surface area contributed by atoms with Crippen LogP contribution in [0.5, 0.6) is 0 Å². The number of hydrogen-bond donors (Lipinski definition) is 0. The summed E-state index contributed by atoms with van der Waals surface area (Å²) in [4.78, 5) is 33.9. The van der Waals surface area contributed by atoms with Gasteiger partial charge in [0.25, 0.3) is 5.91 Å². The van der Waals surface area contributed by atoms with Crippen molar-refractivity contribution in [3.63, 3.8) is 0 Å². The molecule has 0 spiro atoms. The maximum atomic E-state index is 13.5. The van der Waals surface area contributed by atoms with Gasteiger partial charge in [-0.15, -0.1) is 0 Å². The van der Waals surface area contributed by atoms with E-state index in [2.05, 4.69) is 0 Å². The van der Waals surface area contributed by atoms with Gasteiger partial charge in [-0.1, -0.05) is 65.7 Å². The Bertz CT molecular complexity index is 1120. The number of halogens is 2. The molecule has 2 fully saturated rings. The van der Waals surface area contributed by atoms with Crippen LogP contribution in [-0.4, -0.2) is 17.9 Å². The van der Waals surface area contributed by atoms with Crippen molar-refractivity contribution in [2.24, 2.45) is 5.92 Å². The fourth-order valence-corrected chi connectivity index (χ4v) is 4.62. The van der Waals surface area contributed by atoms with E-state index < -0.39 is 18.1 Å². The lowest BCUT2D eigenvalue weighted by Crippen LogP contribution is -2.37. The van der Waals surface area contributed by atoms with Crippen LogP contribution < -0.4 is 9.96 Å². The van der Waals surface area contributed by atoms with Gasteiger partial charge in [0.05, 0.1) is 17.4 Å². The maximum absolute atomic E-state index is 13.5. The smallest absolute Gasteiger partial charge is 0.266 e. The van der Waals surface area contributed by atoms with E-state index in [9.17, 15) is 9.59 Å². The molecule has 3 aromatic rings. The van der Waals surface area contributed by atoms with Crippen molar-refractivity contribution in [3.8, 4) is 0 Å². The van der Waals surface area contributed by atoms with E-state index in [-0.39, 0.29) is 11.8 Å². The predicted octanol–water partition coefficient (Wildman–Crippen LogP) is 5.04. The summed E-state index contributed by atoms with van der Waals surface area (Å²) in [6, 6.07) is 22.8. The second-order valence-electron chi connectivity index (χ2n) is 7.17. The highest BCUT2D eigenvalue weighted by molar-refractivity contribution is 6.35. The van der Waals surface area contributed by atoms with Gasteiger partial charge in [0, 0.05) is 10.0 Å². The number of rotatable bonds is 3. The molecule has 7 heteroatoms. The molecular formula is C23H16Cl2N2O3. The Morgan fingerprint density at radius 2 is 1.40 bits per heavy atom. The molecule has 3 aromatic carbocycles. The number of nitrogens with zero attached hydrogens (tertiary/aromatic N) is 2. The summed E-state index contributed by atoms with van der Waals surface area (Å²) in [6.07, 6.45) is -0.936. The summed E-state index contributed by atoms with van der Waals surface area (Å²) >= 11 is 12.6. The van der Waals surface area contributed by atoms with E-state index in [1.54, 1.807) is 47.5 Å². The molecule has 150 valence electrons. The summed E-state index contributed by atoms with van der Waals surface area (Å²) in [5.41, 5.74) is 1.93. The molecule has 0 radical (unpaired) electrons. The van der Waals surface area contributed by atoms with E-state index in [1.807, 2.05) is 36.4 Å². The van der Waals surface area contributed by atoms with Crippen molar-refractivity contribution >= 4 is 46.4 Å². The van der Waals surface area contributed by atoms with Crippen LogP contribution in [0, 0.1) is 5.92 Å². The zero-order chi connectivity index (χ0) is 20.8. The van der Waals surface area contributed by atoms with Crippen LogP contribution in [0.2, 0.25) is 10.0 Å². The highest BCUT2D eigenvalue weighted by Gasteiger charge is 2.60. The van der Waals surface area contributed by atoms with E-state index in [4.69, 9.17) is 28.0 Å². The first-order chi connectivity index (χ1) is 14.6. The molecule has 0 saturated carbocycles. The van der Waals surface area contributed by atoms with E-state index in [0.717, 1.165) is 5.69 Å². The molecule has 0 aromatic heterocycles. The minimum absolute atomic E-state index is 0.314. The molecule has 2 amide bonds. The molecule has 2 heterocycles. The maximum Gasteiger partial charge on any atom is 0.266 e. The topological polar surface area (TPSA) is 49.9 Å². The third-order valence-corrected chi connectivity index (χ3v) is 5.98. The van der Waals surface area contributed by atoms with Gasteiger partial charge in [0.2, 0.25) is 5.91 Å². The molecule has 0 aliphatic carbocycles. The van der Waals surface area contributed by atoms with Crippen LogP contribution in [0.4, 0.5) is 11.4 Å². The number of hydrogen-bond acceptors (Lipinski definition) is 4. The molecule has 2 aliphatic rings. The molecule has 2 aliphatic heterocycles. The van der Waals surface area contributed by atoms with Crippen LogP contribution >= 0.6 is 23.2 Å².